The maximum atomic E-state index is 13.9. The Morgan fingerprint density at radius 2 is 2.16 bits per heavy atom. The number of nitrogens with zero attached hydrogens (tertiary/aromatic N) is 1. The van der Waals surface area contributed by atoms with Crippen LogP contribution >= 0.6 is 0 Å². The minimum absolute atomic E-state index is 0.164. The van der Waals surface area contributed by atoms with E-state index in [1.54, 1.807) is 12.1 Å². The maximum Gasteiger partial charge on any atom is 0.182 e. The van der Waals surface area contributed by atoms with E-state index in [0.29, 0.717) is 17.6 Å². The lowest BCUT2D eigenvalue weighted by molar-refractivity contribution is 0.313. The number of halogens is 2. The van der Waals surface area contributed by atoms with Gasteiger partial charge in [-0.25, -0.2) is 8.78 Å². The zero-order chi connectivity index (χ0) is 14.0. The molecule has 0 saturated carbocycles. The standard InChI is InChI=1S/C15H22F2N2/c1-4-10(2)13-9-19(11(3)8-18-13)14-7-5-6-12(16)15(14)17/h5-7,10-11,13,18H,4,8-9H2,1-3H3. The molecular weight excluding hydrogens is 246 g/mol. The van der Waals surface area contributed by atoms with Crippen LogP contribution in [0.1, 0.15) is 27.2 Å². The summed E-state index contributed by atoms with van der Waals surface area (Å²) in [5.41, 5.74) is 0.377. The van der Waals surface area contributed by atoms with Crippen LogP contribution in [0, 0.1) is 17.6 Å². The van der Waals surface area contributed by atoms with Crippen LogP contribution in [0.3, 0.4) is 0 Å². The van der Waals surface area contributed by atoms with Crippen molar-refractivity contribution in [1.82, 2.24) is 5.32 Å². The molecule has 1 fully saturated rings. The number of hydrogen-bond acceptors (Lipinski definition) is 2. The molecule has 1 heterocycles. The molecule has 0 amide bonds. The van der Waals surface area contributed by atoms with Crippen molar-refractivity contribution in [1.29, 1.82) is 0 Å². The van der Waals surface area contributed by atoms with Gasteiger partial charge in [-0.05, 0) is 25.0 Å². The SMILES string of the molecule is CCC(C)C1CN(c2cccc(F)c2F)C(C)CN1. The van der Waals surface area contributed by atoms with Gasteiger partial charge in [0.15, 0.2) is 11.6 Å². The van der Waals surface area contributed by atoms with Gasteiger partial charge in [-0.3, -0.25) is 0 Å². The number of benzene rings is 1. The summed E-state index contributed by atoms with van der Waals surface area (Å²) in [7, 11) is 0. The average Bonchev–Trinajstić information content (AvgIpc) is 2.42. The molecule has 4 heteroatoms. The normalized spacial score (nSPS) is 25.4. The van der Waals surface area contributed by atoms with E-state index < -0.39 is 11.6 Å². The molecule has 1 N–H and O–H groups in total. The monoisotopic (exact) mass is 268 g/mol. The fraction of sp³-hybridized carbons (Fsp3) is 0.600. The molecule has 0 spiro atoms. The molecule has 0 aliphatic carbocycles. The molecule has 19 heavy (non-hydrogen) atoms. The van der Waals surface area contributed by atoms with Crippen molar-refractivity contribution >= 4 is 5.69 Å². The molecule has 3 unspecified atom stereocenters. The van der Waals surface area contributed by atoms with E-state index in [1.807, 2.05) is 11.8 Å². The molecule has 106 valence electrons. The first-order chi connectivity index (χ1) is 9.04. The summed E-state index contributed by atoms with van der Waals surface area (Å²) < 4.78 is 27.3. The van der Waals surface area contributed by atoms with Crippen molar-refractivity contribution in [2.24, 2.45) is 5.92 Å². The van der Waals surface area contributed by atoms with Crippen LogP contribution in [0.15, 0.2) is 18.2 Å². The van der Waals surface area contributed by atoms with E-state index in [9.17, 15) is 8.78 Å². The van der Waals surface area contributed by atoms with E-state index in [-0.39, 0.29) is 6.04 Å². The minimum atomic E-state index is -0.775. The van der Waals surface area contributed by atoms with Gasteiger partial charge in [-0.2, -0.15) is 0 Å². The Labute approximate surface area is 113 Å². The second kappa shape index (κ2) is 5.87. The summed E-state index contributed by atoms with van der Waals surface area (Å²) in [4.78, 5) is 1.98. The van der Waals surface area contributed by atoms with Gasteiger partial charge in [0, 0.05) is 25.2 Å². The number of nitrogens with one attached hydrogen (secondary N) is 1. The molecule has 0 bridgehead atoms. The van der Waals surface area contributed by atoms with E-state index in [0.717, 1.165) is 25.6 Å². The molecule has 0 radical (unpaired) electrons. The number of piperazine rings is 1. The zero-order valence-electron chi connectivity index (χ0n) is 11.8. The van der Waals surface area contributed by atoms with Crippen molar-refractivity contribution in [3.63, 3.8) is 0 Å². The van der Waals surface area contributed by atoms with Gasteiger partial charge in [0.05, 0.1) is 5.69 Å². The van der Waals surface area contributed by atoms with Crippen LogP contribution < -0.4 is 10.2 Å². The molecule has 1 aliphatic rings. The lowest BCUT2D eigenvalue weighted by Crippen LogP contribution is -2.57. The third-order valence-electron chi connectivity index (χ3n) is 4.17. The first kappa shape index (κ1) is 14.3. The third-order valence-corrected chi connectivity index (χ3v) is 4.17. The average molecular weight is 268 g/mol. The first-order valence-electron chi connectivity index (χ1n) is 6.98. The Balaban J connectivity index is 2.24. The molecule has 1 aliphatic heterocycles. The van der Waals surface area contributed by atoms with E-state index in [4.69, 9.17) is 0 Å². The predicted octanol–water partition coefficient (Wildman–Crippen LogP) is 3.18. The van der Waals surface area contributed by atoms with Crippen LogP contribution in [-0.4, -0.2) is 25.2 Å². The highest BCUT2D eigenvalue weighted by Crippen LogP contribution is 2.26. The second-order valence-electron chi connectivity index (χ2n) is 5.47. The fourth-order valence-electron chi connectivity index (χ4n) is 2.60. The molecule has 0 aromatic heterocycles. The molecule has 3 atom stereocenters. The second-order valence-corrected chi connectivity index (χ2v) is 5.47. The molecule has 2 nitrogen and oxygen atoms in total. The Morgan fingerprint density at radius 3 is 2.84 bits per heavy atom. The van der Waals surface area contributed by atoms with Crippen molar-refractivity contribution < 1.29 is 8.78 Å². The zero-order valence-corrected chi connectivity index (χ0v) is 11.8. The lowest BCUT2D eigenvalue weighted by atomic mass is 9.95. The van der Waals surface area contributed by atoms with E-state index in [2.05, 4.69) is 19.2 Å². The van der Waals surface area contributed by atoms with Gasteiger partial charge in [0.2, 0.25) is 0 Å². The van der Waals surface area contributed by atoms with Crippen molar-refractivity contribution in [2.75, 3.05) is 18.0 Å². The van der Waals surface area contributed by atoms with Crippen LogP contribution in [0.25, 0.3) is 0 Å². The molecular formula is C15H22F2N2. The number of hydrogen-bond donors (Lipinski definition) is 1. The topological polar surface area (TPSA) is 15.3 Å². The molecule has 1 aromatic rings. The van der Waals surface area contributed by atoms with Crippen molar-refractivity contribution in [3.05, 3.63) is 29.8 Å². The summed E-state index contributed by atoms with van der Waals surface area (Å²) in [6.07, 6.45) is 1.07. The van der Waals surface area contributed by atoms with E-state index in [1.165, 1.54) is 0 Å². The molecule has 2 rings (SSSR count). The van der Waals surface area contributed by atoms with Crippen LogP contribution in [0.4, 0.5) is 14.5 Å². The maximum absolute atomic E-state index is 13.9. The van der Waals surface area contributed by atoms with Crippen molar-refractivity contribution in [2.45, 2.75) is 39.3 Å². The fourth-order valence-corrected chi connectivity index (χ4v) is 2.60. The summed E-state index contributed by atoms with van der Waals surface area (Å²) in [6.45, 7) is 7.89. The Morgan fingerprint density at radius 1 is 1.42 bits per heavy atom. The largest absolute Gasteiger partial charge is 0.364 e. The first-order valence-corrected chi connectivity index (χ1v) is 6.98. The Bertz CT molecular complexity index is 436. The summed E-state index contributed by atoms with van der Waals surface area (Å²) in [6, 6.07) is 4.88. The number of anilines is 1. The molecule has 1 saturated heterocycles. The highest BCUT2D eigenvalue weighted by molar-refractivity contribution is 5.49. The van der Waals surface area contributed by atoms with Crippen LogP contribution in [0.2, 0.25) is 0 Å². The number of rotatable bonds is 3. The predicted molar refractivity (Wildman–Crippen MR) is 74.4 cm³/mol. The molecule has 1 aromatic carbocycles. The summed E-state index contributed by atoms with van der Waals surface area (Å²) in [5.74, 6) is -0.992. The lowest BCUT2D eigenvalue weighted by Gasteiger charge is -2.42. The van der Waals surface area contributed by atoms with Gasteiger partial charge in [-0.15, -0.1) is 0 Å². The Hall–Kier alpha value is -1.16. The van der Waals surface area contributed by atoms with Gasteiger partial charge >= 0.3 is 0 Å². The van der Waals surface area contributed by atoms with E-state index >= 15 is 0 Å². The highest BCUT2D eigenvalue weighted by Gasteiger charge is 2.29. The van der Waals surface area contributed by atoms with Gasteiger partial charge in [0.1, 0.15) is 0 Å². The van der Waals surface area contributed by atoms with Gasteiger partial charge in [0.25, 0.3) is 0 Å². The Kier molecular flexibility index (Phi) is 4.40. The van der Waals surface area contributed by atoms with Gasteiger partial charge < -0.3 is 10.2 Å². The minimum Gasteiger partial charge on any atom is -0.364 e. The van der Waals surface area contributed by atoms with Crippen molar-refractivity contribution in [3.8, 4) is 0 Å². The summed E-state index contributed by atoms with van der Waals surface area (Å²) in [5, 5.41) is 3.50. The summed E-state index contributed by atoms with van der Waals surface area (Å²) >= 11 is 0. The third kappa shape index (κ3) is 2.89. The highest BCUT2D eigenvalue weighted by atomic mass is 19.2. The smallest absolute Gasteiger partial charge is 0.182 e. The van der Waals surface area contributed by atoms with Gasteiger partial charge in [-0.1, -0.05) is 26.3 Å². The van der Waals surface area contributed by atoms with Crippen LogP contribution in [0.5, 0.6) is 0 Å². The quantitative estimate of drug-likeness (QED) is 0.905. The van der Waals surface area contributed by atoms with Crippen LogP contribution in [-0.2, 0) is 0 Å².